The van der Waals surface area contributed by atoms with Crippen molar-refractivity contribution in [3.63, 3.8) is 0 Å². The van der Waals surface area contributed by atoms with Crippen molar-refractivity contribution in [1.29, 1.82) is 0 Å². The van der Waals surface area contributed by atoms with Crippen molar-refractivity contribution >= 4 is 0 Å². The van der Waals surface area contributed by atoms with Gasteiger partial charge in [0.05, 0.1) is 0 Å². The van der Waals surface area contributed by atoms with E-state index in [-0.39, 0.29) is 0 Å². The van der Waals surface area contributed by atoms with Gasteiger partial charge in [-0.1, -0.05) is 26.0 Å². The van der Waals surface area contributed by atoms with Crippen LogP contribution < -0.4 is 0 Å². The molecular weight excluding hydrogens is 186 g/mol. The zero-order valence-corrected chi connectivity index (χ0v) is 9.48. The van der Waals surface area contributed by atoms with Gasteiger partial charge in [0.1, 0.15) is 5.75 Å². The van der Waals surface area contributed by atoms with E-state index >= 15 is 0 Å². The molecule has 0 heterocycles. The number of likely N-dealkylation sites (N-methyl/N-ethyl adjacent to an activating group) is 1. The number of rotatable bonds is 4. The summed E-state index contributed by atoms with van der Waals surface area (Å²) >= 11 is 0. The van der Waals surface area contributed by atoms with Crippen molar-refractivity contribution < 1.29 is 5.11 Å². The van der Waals surface area contributed by atoms with Crippen molar-refractivity contribution in [2.45, 2.75) is 32.2 Å². The van der Waals surface area contributed by atoms with E-state index in [1.165, 1.54) is 12.0 Å². The summed E-state index contributed by atoms with van der Waals surface area (Å²) in [5.41, 5.74) is 1.28. The van der Waals surface area contributed by atoms with Gasteiger partial charge in [0, 0.05) is 12.0 Å². The first-order valence-electron chi connectivity index (χ1n) is 5.79. The Morgan fingerprint density at radius 1 is 1.33 bits per heavy atom. The molecule has 1 aromatic carbocycles. The predicted molar refractivity (Wildman–Crippen MR) is 62.2 cm³/mol. The first-order chi connectivity index (χ1) is 7.26. The Hall–Kier alpha value is -1.02. The molecule has 1 aliphatic carbocycles. The number of aromatic hydroxyl groups is 1. The van der Waals surface area contributed by atoms with Gasteiger partial charge < -0.3 is 10.0 Å². The second-order valence-electron chi connectivity index (χ2n) is 4.23. The molecule has 0 radical (unpaired) electrons. The molecule has 15 heavy (non-hydrogen) atoms. The van der Waals surface area contributed by atoms with Crippen LogP contribution in [0.15, 0.2) is 24.3 Å². The van der Waals surface area contributed by atoms with Crippen molar-refractivity contribution in [3.05, 3.63) is 29.8 Å². The fourth-order valence-electron chi connectivity index (χ4n) is 2.39. The number of benzene rings is 1. The van der Waals surface area contributed by atoms with Crippen LogP contribution in [0.1, 0.15) is 31.7 Å². The molecule has 0 amide bonds. The Balaban J connectivity index is 2.04. The van der Waals surface area contributed by atoms with Crippen LogP contribution in [0.25, 0.3) is 0 Å². The number of nitrogens with zero attached hydrogens (tertiary/aromatic N) is 1. The van der Waals surface area contributed by atoms with E-state index in [0.717, 1.165) is 13.1 Å². The van der Waals surface area contributed by atoms with Gasteiger partial charge in [-0.25, -0.2) is 0 Å². The summed E-state index contributed by atoms with van der Waals surface area (Å²) in [6.07, 6.45) is 1.24. The molecule has 0 saturated heterocycles. The monoisotopic (exact) mass is 205 g/mol. The Morgan fingerprint density at radius 2 is 2.07 bits per heavy atom. The lowest BCUT2D eigenvalue weighted by atomic mass is 10.1. The van der Waals surface area contributed by atoms with Crippen molar-refractivity contribution in [2.75, 3.05) is 13.1 Å². The Morgan fingerprint density at radius 3 is 2.67 bits per heavy atom. The number of phenolic OH excluding ortho intramolecular Hbond substituents is 1. The molecule has 1 aromatic rings. The normalized spacial score (nSPS) is 24.5. The van der Waals surface area contributed by atoms with E-state index in [4.69, 9.17) is 0 Å². The highest BCUT2D eigenvalue weighted by molar-refractivity contribution is 5.34. The third kappa shape index (κ3) is 2.15. The van der Waals surface area contributed by atoms with Gasteiger partial charge in [0.25, 0.3) is 0 Å². The molecule has 2 atom stereocenters. The number of phenols is 1. The molecule has 0 unspecified atom stereocenters. The van der Waals surface area contributed by atoms with Gasteiger partial charge in [0.15, 0.2) is 0 Å². The minimum atomic E-state index is 0.387. The SMILES string of the molecule is CCN(CC)[C@H]1C[C@@H]1c1cccc(O)c1. The van der Waals surface area contributed by atoms with E-state index in [0.29, 0.717) is 17.7 Å². The summed E-state index contributed by atoms with van der Waals surface area (Å²) in [5, 5.41) is 9.42. The van der Waals surface area contributed by atoms with Crippen molar-refractivity contribution in [3.8, 4) is 5.75 Å². The van der Waals surface area contributed by atoms with Crippen LogP contribution in [-0.4, -0.2) is 29.1 Å². The van der Waals surface area contributed by atoms with Crippen LogP contribution in [0.2, 0.25) is 0 Å². The minimum Gasteiger partial charge on any atom is -0.508 e. The largest absolute Gasteiger partial charge is 0.508 e. The maximum atomic E-state index is 9.42. The number of hydrogen-bond donors (Lipinski definition) is 1. The van der Waals surface area contributed by atoms with Gasteiger partial charge in [0.2, 0.25) is 0 Å². The Kier molecular flexibility index (Phi) is 2.96. The first-order valence-corrected chi connectivity index (χ1v) is 5.79. The zero-order valence-electron chi connectivity index (χ0n) is 9.48. The summed E-state index contributed by atoms with van der Waals surface area (Å²) in [5.74, 6) is 1.02. The highest BCUT2D eigenvalue weighted by atomic mass is 16.3. The average Bonchev–Trinajstić information content (AvgIpc) is 3.00. The lowest BCUT2D eigenvalue weighted by molar-refractivity contribution is 0.288. The van der Waals surface area contributed by atoms with Crippen molar-refractivity contribution in [2.24, 2.45) is 0 Å². The second-order valence-corrected chi connectivity index (χ2v) is 4.23. The molecule has 1 saturated carbocycles. The van der Waals surface area contributed by atoms with Gasteiger partial charge in [-0.2, -0.15) is 0 Å². The third-order valence-electron chi connectivity index (χ3n) is 3.34. The fraction of sp³-hybridized carbons (Fsp3) is 0.538. The molecule has 82 valence electrons. The van der Waals surface area contributed by atoms with E-state index in [9.17, 15) is 5.11 Å². The fourth-order valence-corrected chi connectivity index (χ4v) is 2.39. The standard InChI is InChI=1S/C13H19NO/c1-3-14(4-2)13-9-12(13)10-6-5-7-11(15)8-10/h5-8,12-13,15H,3-4,9H2,1-2H3/t12-,13+/m1/s1. The lowest BCUT2D eigenvalue weighted by Crippen LogP contribution is -2.26. The lowest BCUT2D eigenvalue weighted by Gasteiger charge is -2.18. The van der Waals surface area contributed by atoms with Gasteiger partial charge >= 0.3 is 0 Å². The molecule has 0 aliphatic heterocycles. The molecule has 1 fully saturated rings. The molecule has 2 rings (SSSR count). The maximum Gasteiger partial charge on any atom is 0.115 e. The molecule has 1 N–H and O–H groups in total. The zero-order chi connectivity index (χ0) is 10.8. The molecule has 1 aliphatic rings. The average molecular weight is 205 g/mol. The van der Waals surface area contributed by atoms with Crippen LogP contribution in [0, 0.1) is 0 Å². The van der Waals surface area contributed by atoms with Gasteiger partial charge in [-0.05, 0) is 37.2 Å². The summed E-state index contributed by atoms with van der Waals surface area (Å²) in [4.78, 5) is 2.49. The molecular formula is C13H19NO. The molecule has 0 aromatic heterocycles. The molecule has 2 heteroatoms. The highest BCUT2D eigenvalue weighted by Gasteiger charge is 2.41. The minimum absolute atomic E-state index is 0.387. The third-order valence-corrected chi connectivity index (χ3v) is 3.34. The van der Waals surface area contributed by atoms with Crippen LogP contribution in [0.5, 0.6) is 5.75 Å². The Bertz CT molecular complexity index is 333. The van der Waals surface area contributed by atoms with Crippen LogP contribution in [0.3, 0.4) is 0 Å². The van der Waals surface area contributed by atoms with Crippen LogP contribution in [-0.2, 0) is 0 Å². The van der Waals surface area contributed by atoms with Crippen LogP contribution in [0.4, 0.5) is 0 Å². The van der Waals surface area contributed by atoms with Gasteiger partial charge in [-0.15, -0.1) is 0 Å². The Labute approximate surface area is 91.5 Å². The summed E-state index contributed by atoms with van der Waals surface area (Å²) < 4.78 is 0. The smallest absolute Gasteiger partial charge is 0.115 e. The second kappa shape index (κ2) is 4.23. The van der Waals surface area contributed by atoms with E-state index in [2.05, 4.69) is 24.8 Å². The highest BCUT2D eigenvalue weighted by Crippen LogP contribution is 2.45. The first kappa shape index (κ1) is 10.5. The van der Waals surface area contributed by atoms with Gasteiger partial charge in [-0.3, -0.25) is 0 Å². The topological polar surface area (TPSA) is 23.5 Å². The summed E-state index contributed by atoms with van der Waals surface area (Å²) in [7, 11) is 0. The quantitative estimate of drug-likeness (QED) is 0.816. The van der Waals surface area contributed by atoms with E-state index < -0.39 is 0 Å². The maximum absolute atomic E-state index is 9.42. The number of hydrogen-bond acceptors (Lipinski definition) is 2. The summed E-state index contributed by atoms with van der Waals surface area (Å²) in [6, 6.07) is 8.38. The predicted octanol–water partition coefficient (Wildman–Crippen LogP) is 2.59. The summed E-state index contributed by atoms with van der Waals surface area (Å²) in [6.45, 7) is 6.66. The van der Waals surface area contributed by atoms with E-state index in [1.54, 1.807) is 6.07 Å². The van der Waals surface area contributed by atoms with Crippen LogP contribution >= 0.6 is 0 Å². The van der Waals surface area contributed by atoms with E-state index in [1.807, 2.05) is 12.1 Å². The molecule has 0 bridgehead atoms. The molecule has 0 spiro atoms. The molecule has 2 nitrogen and oxygen atoms in total. The van der Waals surface area contributed by atoms with Crippen molar-refractivity contribution in [1.82, 2.24) is 4.90 Å².